The second-order valence-corrected chi connectivity index (χ2v) is 5.60. The second kappa shape index (κ2) is 5.37. The molecule has 2 N–H and O–H groups in total. The SMILES string of the molecule is CNc1cc(S(=O)(=O)NC(C)C)ccc1OC. The second-order valence-electron chi connectivity index (χ2n) is 3.89. The van der Waals surface area contributed by atoms with Crippen molar-refractivity contribution in [1.29, 1.82) is 0 Å². The van der Waals surface area contributed by atoms with E-state index in [1.54, 1.807) is 33.0 Å². The first-order valence-corrected chi connectivity index (χ1v) is 6.77. The molecule has 17 heavy (non-hydrogen) atoms. The molecular formula is C11H18N2O3S. The number of rotatable bonds is 5. The third-order valence-corrected chi connectivity index (χ3v) is 3.80. The van der Waals surface area contributed by atoms with Crippen LogP contribution in [0.15, 0.2) is 23.1 Å². The van der Waals surface area contributed by atoms with Gasteiger partial charge in [0.05, 0.1) is 17.7 Å². The van der Waals surface area contributed by atoms with Crippen LogP contribution in [0.2, 0.25) is 0 Å². The molecule has 1 rings (SSSR count). The topological polar surface area (TPSA) is 67.4 Å². The van der Waals surface area contributed by atoms with Gasteiger partial charge in [0.2, 0.25) is 10.0 Å². The summed E-state index contributed by atoms with van der Waals surface area (Å²) in [6, 6.07) is 4.55. The number of sulfonamides is 1. The molecule has 0 fully saturated rings. The van der Waals surface area contributed by atoms with Gasteiger partial charge in [0.25, 0.3) is 0 Å². The zero-order chi connectivity index (χ0) is 13.1. The minimum atomic E-state index is -3.46. The summed E-state index contributed by atoms with van der Waals surface area (Å²) < 4.78 is 31.5. The Balaban J connectivity index is 3.16. The van der Waals surface area contributed by atoms with E-state index in [0.29, 0.717) is 11.4 Å². The van der Waals surface area contributed by atoms with Crippen LogP contribution in [0.3, 0.4) is 0 Å². The van der Waals surface area contributed by atoms with Crippen LogP contribution < -0.4 is 14.8 Å². The standard InChI is InChI=1S/C11H18N2O3S/c1-8(2)13-17(14,15)9-5-6-11(16-4)10(7-9)12-3/h5-8,12-13H,1-4H3. The Morgan fingerprint density at radius 2 is 1.94 bits per heavy atom. The summed E-state index contributed by atoms with van der Waals surface area (Å²) in [7, 11) is -0.212. The fourth-order valence-electron chi connectivity index (χ4n) is 1.43. The molecule has 5 nitrogen and oxygen atoms in total. The summed E-state index contributed by atoms with van der Waals surface area (Å²) in [6.45, 7) is 3.56. The van der Waals surface area contributed by atoms with E-state index in [2.05, 4.69) is 10.0 Å². The highest BCUT2D eigenvalue weighted by molar-refractivity contribution is 7.89. The van der Waals surface area contributed by atoms with Gasteiger partial charge < -0.3 is 10.1 Å². The van der Waals surface area contributed by atoms with Crippen molar-refractivity contribution in [3.63, 3.8) is 0 Å². The third-order valence-electron chi connectivity index (χ3n) is 2.14. The van der Waals surface area contributed by atoms with Crippen LogP contribution in [0.5, 0.6) is 5.75 Å². The van der Waals surface area contributed by atoms with Crippen LogP contribution in [-0.4, -0.2) is 28.6 Å². The van der Waals surface area contributed by atoms with Gasteiger partial charge >= 0.3 is 0 Å². The van der Waals surface area contributed by atoms with Crippen LogP contribution in [-0.2, 0) is 10.0 Å². The monoisotopic (exact) mass is 258 g/mol. The number of benzene rings is 1. The maximum Gasteiger partial charge on any atom is 0.240 e. The Bertz CT molecular complexity index is 483. The maximum atomic E-state index is 11.9. The summed E-state index contributed by atoms with van der Waals surface area (Å²) in [5.74, 6) is 0.607. The van der Waals surface area contributed by atoms with Gasteiger partial charge in [-0.25, -0.2) is 13.1 Å². The van der Waals surface area contributed by atoms with Gasteiger partial charge in [-0.15, -0.1) is 0 Å². The van der Waals surface area contributed by atoms with E-state index in [4.69, 9.17) is 4.74 Å². The van der Waals surface area contributed by atoms with Gasteiger partial charge in [-0.3, -0.25) is 0 Å². The molecule has 0 heterocycles. The van der Waals surface area contributed by atoms with Gasteiger partial charge in [-0.2, -0.15) is 0 Å². The van der Waals surface area contributed by atoms with Crippen molar-refractivity contribution in [1.82, 2.24) is 4.72 Å². The summed E-state index contributed by atoms with van der Waals surface area (Å²) in [4.78, 5) is 0.219. The van der Waals surface area contributed by atoms with Gasteiger partial charge in [0.1, 0.15) is 5.75 Å². The van der Waals surface area contributed by atoms with E-state index in [1.807, 2.05) is 0 Å². The molecule has 0 saturated heterocycles. The minimum Gasteiger partial charge on any atom is -0.495 e. The first-order valence-electron chi connectivity index (χ1n) is 5.29. The van der Waals surface area contributed by atoms with E-state index >= 15 is 0 Å². The van der Waals surface area contributed by atoms with Crippen molar-refractivity contribution < 1.29 is 13.2 Å². The Morgan fingerprint density at radius 3 is 2.41 bits per heavy atom. The van der Waals surface area contributed by atoms with Crippen molar-refractivity contribution in [3.8, 4) is 5.75 Å². The van der Waals surface area contributed by atoms with Crippen LogP contribution in [0, 0.1) is 0 Å². The number of hydrogen-bond donors (Lipinski definition) is 2. The fourth-order valence-corrected chi connectivity index (χ4v) is 2.70. The highest BCUT2D eigenvalue weighted by Gasteiger charge is 2.16. The largest absolute Gasteiger partial charge is 0.495 e. The van der Waals surface area contributed by atoms with Crippen molar-refractivity contribution in [2.75, 3.05) is 19.5 Å². The molecule has 6 heteroatoms. The van der Waals surface area contributed by atoms with Crippen molar-refractivity contribution in [3.05, 3.63) is 18.2 Å². The molecule has 0 saturated carbocycles. The van der Waals surface area contributed by atoms with Gasteiger partial charge in [-0.1, -0.05) is 0 Å². The molecule has 0 radical (unpaired) electrons. The van der Waals surface area contributed by atoms with Gasteiger partial charge in [-0.05, 0) is 32.0 Å². The van der Waals surface area contributed by atoms with Crippen molar-refractivity contribution >= 4 is 15.7 Å². The maximum absolute atomic E-state index is 11.9. The molecule has 0 aliphatic rings. The lowest BCUT2D eigenvalue weighted by Gasteiger charge is -2.12. The summed E-state index contributed by atoms with van der Waals surface area (Å²) in [6.07, 6.45) is 0. The summed E-state index contributed by atoms with van der Waals surface area (Å²) in [5, 5.41) is 2.90. The number of hydrogen-bond acceptors (Lipinski definition) is 4. The smallest absolute Gasteiger partial charge is 0.240 e. The molecule has 0 bridgehead atoms. The predicted octanol–water partition coefficient (Wildman–Crippen LogP) is 1.42. The first kappa shape index (κ1) is 13.8. The van der Waals surface area contributed by atoms with Gasteiger partial charge in [0.15, 0.2) is 0 Å². The Labute approximate surface area is 102 Å². The van der Waals surface area contributed by atoms with E-state index in [0.717, 1.165) is 0 Å². The molecule has 0 aliphatic heterocycles. The number of ether oxygens (including phenoxy) is 1. The molecule has 0 aromatic heterocycles. The molecular weight excluding hydrogens is 240 g/mol. The zero-order valence-electron chi connectivity index (χ0n) is 10.4. The Kier molecular flexibility index (Phi) is 4.36. The van der Waals surface area contributed by atoms with Crippen molar-refractivity contribution in [2.45, 2.75) is 24.8 Å². The fraction of sp³-hybridized carbons (Fsp3) is 0.455. The number of anilines is 1. The molecule has 96 valence electrons. The molecule has 0 atom stereocenters. The third kappa shape index (κ3) is 3.34. The Hall–Kier alpha value is -1.27. The lowest BCUT2D eigenvalue weighted by atomic mass is 10.3. The molecule has 1 aromatic rings. The molecule has 1 aromatic carbocycles. The normalized spacial score (nSPS) is 11.6. The molecule has 0 amide bonds. The number of nitrogens with one attached hydrogen (secondary N) is 2. The average molecular weight is 258 g/mol. The van der Waals surface area contributed by atoms with E-state index in [9.17, 15) is 8.42 Å². The predicted molar refractivity (Wildman–Crippen MR) is 68.0 cm³/mol. The van der Waals surface area contributed by atoms with Crippen LogP contribution in [0.4, 0.5) is 5.69 Å². The van der Waals surface area contributed by atoms with E-state index < -0.39 is 10.0 Å². The lowest BCUT2D eigenvalue weighted by molar-refractivity contribution is 0.416. The molecule has 0 spiro atoms. The lowest BCUT2D eigenvalue weighted by Crippen LogP contribution is -2.30. The zero-order valence-corrected chi connectivity index (χ0v) is 11.3. The number of methoxy groups -OCH3 is 1. The molecule has 0 unspecified atom stereocenters. The highest BCUT2D eigenvalue weighted by Crippen LogP contribution is 2.26. The van der Waals surface area contributed by atoms with Crippen LogP contribution >= 0.6 is 0 Å². The van der Waals surface area contributed by atoms with Crippen LogP contribution in [0.25, 0.3) is 0 Å². The van der Waals surface area contributed by atoms with Crippen molar-refractivity contribution in [2.24, 2.45) is 0 Å². The van der Waals surface area contributed by atoms with E-state index in [-0.39, 0.29) is 10.9 Å². The molecule has 0 aliphatic carbocycles. The summed E-state index contributed by atoms with van der Waals surface area (Å²) >= 11 is 0. The Morgan fingerprint density at radius 1 is 1.29 bits per heavy atom. The quantitative estimate of drug-likeness (QED) is 0.838. The highest BCUT2D eigenvalue weighted by atomic mass is 32.2. The first-order chi connectivity index (χ1) is 7.90. The van der Waals surface area contributed by atoms with E-state index in [1.165, 1.54) is 13.2 Å². The minimum absolute atomic E-state index is 0.139. The van der Waals surface area contributed by atoms with Gasteiger partial charge in [0, 0.05) is 13.1 Å². The summed E-state index contributed by atoms with van der Waals surface area (Å²) in [5.41, 5.74) is 0.638. The average Bonchev–Trinajstić information content (AvgIpc) is 2.26. The van der Waals surface area contributed by atoms with Crippen LogP contribution in [0.1, 0.15) is 13.8 Å².